The third-order valence-corrected chi connectivity index (χ3v) is 4.57. The van der Waals surface area contributed by atoms with Crippen LogP contribution in [0.1, 0.15) is 23.2 Å². The number of anilines is 1. The molecule has 0 bridgehead atoms. The Morgan fingerprint density at radius 2 is 2.40 bits per heavy atom. The monoisotopic (exact) mass is 342 g/mol. The van der Waals surface area contributed by atoms with E-state index in [-0.39, 0.29) is 11.9 Å². The van der Waals surface area contributed by atoms with Gasteiger partial charge < -0.3 is 20.7 Å². The average Bonchev–Trinajstić information content (AvgIpc) is 3.26. The summed E-state index contributed by atoms with van der Waals surface area (Å²) in [5.74, 6) is -0.0442. The first-order valence-corrected chi connectivity index (χ1v) is 8.27. The second-order valence-electron chi connectivity index (χ2n) is 6.27. The van der Waals surface area contributed by atoms with E-state index < -0.39 is 6.04 Å². The molecule has 4 N–H and O–H groups in total. The van der Waals surface area contributed by atoms with Crippen LogP contribution in [0, 0.1) is 0 Å². The molecule has 0 fully saturated rings. The molecule has 0 radical (unpaired) electrons. The highest BCUT2D eigenvalue weighted by Gasteiger charge is 2.33. The first-order valence-electron chi connectivity index (χ1n) is 8.27. The largest absolute Gasteiger partial charge is 0.362 e. The van der Waals surface area contributed by atoms with Gasteiger partial charge in [0, 0.05) is 19.2 Å². The number of para-hydroxylation sites is 1. The van der Waals surface area contributed by atoms with Crippen molar-refractivity contribution in [1.82, 2.24) is 20.7 Å². The minimum atomic E-state index is -0.455. The molecule has 0 saturated carbocycles. The van der Waals surface area contributed by atoms with Crippen LogP contribution in [0.3, 0.4) is 0 Å². The topological polar surface area (TPSA) is 117 Å². The minimum Gasteiger partial charge on any atom is -0.362 e. The molecule has 132 valence electrons. The molecule has 2 aromatic rings. The van der Waals surface area contributed by atoms with Gasteiger partial charge in [0.25, 0.3) is 0 Å². The summed E-state index contributed by atoms with van der Waals surface area (Å²) in [6.07, 6.45) is 4.32. The maximum atomic E-state index is 12.6. The quantitative estimate of drug-likeness (QED) is 0.607. The lowest BCUT2D eigenvalue weighted by molar-refractivity contribution is -0.122. The van der Waals surface area contributed by atoms with E-state index in [1.165, 1.54) is 0 Å². The highest BCUT2D eigenvalue weighted by molar-refractivity contribution is 5.88. The Labute approximate surface area is 145 Å². The Hall–Kier alpha value is -2.74. The van der Waals surface area contributed by atoms with Gasteiger partial charge in [0.15, 0.2) is 0 Å². The fraction of sp³-hybridized carbons (Fsp3) is 0.412. The van der Waals surface area contributed by atoms with Crippen molar-refractivity contribution in [3.05, 3.63) is 41.2 Å². The number of aromatic nitrogens is 3. The summed E-state index contributed by atoms with van der Waals surface area (Å²) in [6, 6.07) is 5.35. The highest BCUT2D eigenvalue weighted by Crippen LogP contribution is 2.35. The fourth-order valence-electron chi connectivity index (χ4n) is 3.23. The Morgan fingerprint density at radius 1 is 1.56 bits per heavy atom. The fourth-order valence-corrected chi connectivity index (χ4v) is 3.23. The van der Waals surface area contributed by atoms with Crippen LogP contribution in [0.25, 0.3) is 0 Å². The van der Waals surface area contributed by atoms with Crippen LogP contribution in [0.4, 0.5) is 5.69 Å². The van der Waals surface area contributed by atoms with Crippen molar-refractivity contribution in [3.8, 4) is 0 Å². The van der Waals surface area contributed by atoms with E-state index in [0.717, 1.165) is 23.1 Å². The number of likely N-dealkylation sites (N-methyl/N-ethyl adjacent to an activating group) is 1. The zero-order valence-electron chi connectivity index (χ0n) is 14.1. The third-order valence-electron chi connectivity index (χ3n) is 4.57. The number of hydrogen-bond donors (Lipinski definition) is 3. The van der Waals surface area contributed by atoms with Crippen molar-refractivity contribution in [3.63, 3.8) is 0 Å². The number of aromatic amines is 1. The van der Waals surface area contributed by atoms with Crippen molar-refractivity contribution in [2.45, 2.75) is 37.9 Å². The molecule has 8 heteroatoms. The number of nitrogens with zero attached hydrogens (tertiary/aromatic N) is 3. The lowest BCUT2D eigenvalue weighted by atomic mass is 10.0. The van der Waals surface area contributed by atoms with Crippen molar-refractivity contribution >= 4 is 17.9 Å². The van der Waals surface area contributed by atoms with Gasteiger partial charge in [0.1, 0.15) is 18.0 Å². The van der Waals surface area contributed by atoms with Gasteiger partial charge in [-0.1, -0.05) is 18.2 Å². The standard InChI is InChI=1S/C17H22N6O2/c1-23-15(17(25)19-8-14-9-20-22-21-14)7-12-4-2-3-11(16(12)23)5-6-13(18)10-24/h2-4,9-10,13,15H,5-8,18H2,1H3,(H,19,25)(H,20,21,22). The molecule has 1 amide bonds. The van der Waals surface area contributed by atoms with E-state index in [1.54, 1.807) is 6.20 Å². The van der Waals surface area contributed by atoms with Crippen molar-refractivity contribution in [1.29, 1.82) is 0 Å². The summed E-state index contributed by atoms with van der Waals surface area (Å²) in [5, 5.41) is 13.1. The number of carbonyl (C=O) groups is 2. The number of aldehydes is 1. The van der Waals surface area contributed by atoms with Crippen molar-refractivity contribution in [2.24, 2.45) is 5.73 Å². The number of aryl methyl sites for hydroxylation is 1. The number of benzene rings is 1. The van der Waals surface area contributed by atoms with E-state index >= 15 is 0 Å². The Balaban J connectivity index is 1.68. The van der Waals surface area contributed by atoms with E-state index in [4.69, 9.17) is 5.73 Å². The maximum Gasteiger partial charge on any atom is 0.243 e. The molecule has 0 spiro atoms. The molecular formula is C17H22N6O2. The normalized spacial score (nSPS) is 17.2. The first kappa shape index (κ1) is 17.1. The van der Waals surface area contributed by atoms with Crippen LogP contribution in [0.2, 0.25) is 0 Å². The second kappa shape index (κ2) is 7.43. The van der Waals surface area contributed by atoms with Gasteiger partial charge in [-0.2, -0.15) is 15.4 Å². The molecule has 2 unspecified atom stereocenters. The molecule has 2 heterocycles. The number of amides is 1. The number of carbonyl (C=O) groups excluding carboxylic acids is 2. The van der Waals surface area contributed by atoms with E-state index in [9.17, 15) is 9.59 Å². The summed E-state index contributed by atoms with van der Waals surface area (Å²) in [7, 11) is 1.93. The zero-order valence-corrected chi connectivity index (χ0v) is 14.1. The number of hydrogen-bond acceptors (Lipinski definition) is 6. The Morgan fingerprint density at radius 3 is 3.12 bits per heavy atom. The number of nitrogens with two attached hydrogens (primary N) is 1. The molecule has 1 aromatic carbocycles. The summed E-state index contributed by atoms with van der Waals surface area (Å²) in [4.78, 5) is 25.3. The molecule has 25 heavy (non-hydrogen) atoms. The summed E-state index contributed by atoms with van der Waals surface area (Å²) >= 11 is 0. The van der Waals surface area contributed by atoms with Crippen LogP contribution in [-0.2, 0) is 29.0 Å². The molecule has 0 aliphatic carbocycles. The molecule has 3 rings (SSSR count). The van der Waals surface area contributed by atoms with Gasteiger partial charge in [-0.15, -0.1) is 0 Å². The summed E-state index contributed by atoms with van der Waals surface area (Å²) in [5.41, 5.74) is 9.72. The Kier molecular flexibility index (Phi) is 5.08. The van der Waals surface area contributed by atoms with Crippen LogP contribution in [-0.4, -0.2) is 46.7 Å². The van der Waals surface area contributed by atoms with Crippen LogP contribution < -0.4 is 16.0 Å². The number of fused-ring (bicyclic) bond motifs is 1. The molecule has 8 nitrogen and oxygen atoms in total. The molecular weight excluding hydrogens is 320 g/mol. The number of nitrogens with one attached hydrogen (secondary N) is 2. The van der Waals surface area contributed by atoms with Gasteiger partial charge >= 0.3 is 0 Å². The molecule has 1 aliphatic heterocycles. The van der Waals surface area contributed by atoms with Crippen molar-refractivity contribution < 1.29 is 9.59 Å². The minimum absolute atomic E-state index is 0.0442. The first-order chi connectivity index (χ1) is 12.1. The van der Waals surface area contributed by atoms with Crippen LogP contribution >= 0.6 is 0 Å². The molecule has 0 saturated heterocycles. The predicted molar refractivity (Wildman–Crippen MR) is 92.9 cm³/mol. The average molecular weight is 342 g/mol. The second-order valence-corrected chi connectivity index (χ2v) is 6.27. The summed E-state index contributed by atoms with van der Waals surface area (Å²) < 4.78 is 0. The predicted octanol–water partition coefficient (Wildman–Crippen LogP) is -0.0592. The smallest absolute Gasteiger partial charge is 0.243 e. The SMILES string of the molecule is CN1c2c(CCC(N)C=O)cccc2CC1C(=O)NCc1cn[nH]n1. The van der Waals surface area contributed by atoms with E-state index in [1.807, 2.05) is 30.1 Å². The molecule has 2 atom stereocenters. The van der Waals surface area contributed by atoms with E-state index in [0.29, 0.717) is 31.5 Å². The van der Waals surface area contributed by atoms with Crippen molar-refractivity contribution in [2.75, 3.05) is 11.9 Å². The Bertz CT molecular complexity index is 746. The van der Waals surface area contributed by atoms with Gasteiger partial charge in [-0.05, 0) is 24.0 Å². The van der Waals surface area contributed by atoms with Gasteiger partial charge in [0.05, 0.1) is 18.8 Å². The number of H-pyrrole nitrogens is 1. The lowest BCUT2D eigenvalue weighted by Gasteiger charge is -2.23. The van der Waals surface area contributed by atoms with Crippen LogP contribution in [0.5, 0.6) is 0 Å². The number of rotatable bonds is 7. The molecule has 1 aliphatic rings. The van der Waals surface area contributed by atoms with Crippen LogP contribution in [0.15, 0.2) is 24.4 Å². The summed E-state index contributed by atoms with van der Waals surface area (Å²) in [6.45, 7) is 0.344. The van der Waals surface area contributed by atoms with Gasteiger partial charge in [0.2, 0.25) is 5.91 Å². The molecule has 1 aromatic heterocycles. The van der Waals surface area contributed by atoms with E-state index in [2.05, 4.69) is 20.7 Å². The van der Waals surface area contributed by atoms with Gasteiger partial charge in [-0.3, -0.25) is 4.79 Å². The lowest BCUT2D eigenvalue weighted by Crippen LogP contribution is -2.43. The zero-order chi connectivity index (χ0) is 17.8. The van der Waals surface area contributed by atoms with Gasteiger partial charge in [-0.25, -0.2) is 0 Å². The highest BCUT2D eigenvalue weighted by atomic mass is 16.2. The third kappa shape index (κ3) is 3.69. The maximum absolute atomic E-state index is 12.6.